The molecule has 0 aliphatic rings. The van der Waals surface area contributed by atoms with E-state index in [1.807, 2.05) is 6.07 Å². The molecule has 0 amide bonds. The second kappa shape index (κ2) is 3.66. The molecular weight excluding hydrogens is 172 g/mol. The van der Waals surface area contributed by atoms with Gasteiger partial charge in [-0.25, -0.2) is 4.98 Å². The Morgan fingerprint density at radius 1 is 1.29 bits per heavy atom. The van der Waals surface area contributed by atoms with Crippen LogP contribution in [0.2, 0.25) is 0 Å². The summed E-state index contributed by atoms with van der Waals surface area (Å²) >= 11 is 0. The molecule has 1 heterocycles. The summed E-state index contributed by atoms with van der Waals surface area (Å²) in [7, 11) is 0. The van der Waals surface area contributed by atoms with Crippen molar-refractivity contribution < 1.29 is 0 Å². The van der Waals surface area contributed by atoms with E-state index in [1.165, 1.54) is 11.1 Å². The molecule has 0 bridgehead atoms. The molecule has 71 valence electrons. The van der Waals surface area contributed by atoms with Gasteiger partial charge in [-0.1, -0.05) is 38.1 Å². The van der Waals surface area contributed by atoms with Crippen molar-refractivity contribution in [3.8, 4) is 11.4 Å². The van der Waals surface area contributed by atoms with Crippen LogP contribution in [0.4, 0.5) is 0 Å². The summed E-state index contributed by atoms with van der Waals surface area (Å²) in [5, 5.41) is 0. The fourth-order valence-electron chi connectivity index (χ4n) is 1.58. The molecule has 0 aliphatic heterocycles. The molecule has 14 heavy (non-hydrogen) atoms. The van der Waals surface area contributed by atoms with Crippen LogP contribution in [0.25, 0.3) is 11.4 Å². The van der Waals surface area contributed by atoms with Gasteiger partial charge in [-0.3, -0.25) is 0 Å². The van der Waals surface area contributed by atoms with Crippen LogP contribution in [-0.2, 0) is 0 Å². The van der Waals surface area contributed by atoms with E-state index in [0.717, 1.165) is 5.82 Å². The van der Waals surface area contributed by atoms with Gasteiger partial charge >= 0.3 is 0 Å². The SMILES string of the molecule is CC(C)c1ccccc1-c1n[c]c[nH]1. The fourth-order valence-corrected chi connectivity index (χ4v) is 1.58. The fraction of sp³-hybridized carbons (Fsp3) is 0.250. The van der Waals surface area contributed by atoms with Crippen LogP contribution in [-0.4, -0.2) is 9.97 Å². The van der Waals surface area contributed by atoms with E-state index in [2.05, 4.69) is 48.2 Å². The van der Waals surface area contributed by atoms with Crippen molar-refractivity contribution in [3.63, 3.8) is 0 Å². The molecule has 0 unspecified atom stereocenters. The van der Waals surface area contributed by atoms with Crippen LogP contribution >= 0.6 is 0 Å². The van der Waals surface area contributed by atoms with E-state index in [0.29, 0.717) is 5.92 Å². The Bertz CT molecular complexity index is 402. The van der Waals surface area contributed by atoms with Gasteiger partial charge in [-0.15, -0.1) is 0 Å². The third-order valence-corrected chi connectivity index (χ3v) is 2.29. The van der Waals surface area contributed by atoms with Gasteiger partial charge in [0.25, 0.3) is 0 Å². The van der Waals surface area contributed by atoms with Crippen molar-refractivity contribution >= 4 is 0 Å². The summed E-state index contributed by atoms with van der Waals surface area (Å²) in [4.78, 5) is 7.23. The smallest absolute Gasteiger partial charge is 0.138 e. The molecule has 0 saturated heterocycles. The Labute approximate surface area is 84.0 Å². The van der Waals surface area contributed by atoms with Gasteiger partial charge in [-0.05, 0) is 11.5 Å². The zero-order valence-corrected chi connectivity index (χ0v) is 8.41. The van der Waals surface area contributed by atoms with Crippen LogP contribution in [0.1, 0.15) is 25.3 Å². The molecule has 0 saturated carbocycles. The van der Waals surface area contributed by atoms with Gasteiger partial charge in [0.15, 0.2) is 0 Å². The maximum atomic E-state index is 4.15. The number of hydrogen-bond donors (Lipinski definition) is 1. The molecule has 1 radical (unpaired) electrons. The molecule has 1 N–H and O–H groups in total. The van der Waals surface area contributed by atoms with Crippen LogP contribution < -0.4 is 0 Å². The summed E-state index contributed by atoms with van der Waals surface area (Å²) in [6.45, 7) is 4.37. The van der Waals surface area contributed by atoms with E-state index in [1.54, 1.807) is 6.20 Å². The number of rotatable bonds is 2. The average Bonchev–Trinajstić information content (AvgIpc) is 2.70. The van der Waals surface area contributed by atoms with Crippen LogP contribution in [0.5, 0.6) is 0 Å². The predicted octanol–water partition coefficient (Wildman–Crippen LogP) is 3.00. The highest BCUT2D eigenvalue weighted by Crippen LogP contribution is 2.25. The largest absolute Gasteiger partial charge is 0.344 e. The Morgan fingerprint density at radius 3 is 2.71 bits per heavy atom. The minimum absolute atomic E-state index is 0.510. The number of nitrogens with zero attached hydrogens (tertiary/aromatic N) is 1. The van der Waals surface area contributed by atoms with Crippen molar-refractivity contribution in [3.05, 3.63) is 42.2 Å². The van der Waals surface area contributed by atoms with Gasteiger partial charge in [0, 0.05) is 11.8 Å². The van der Waals surface area contributed by atoms with Gasteiger partial charge in [0.2, 0.25) is 0 Å². The number of H-pyrrole nitrogens is 1. The number of nitrogens with one attached hydrogen (secondary N) is 1. The third-order valence-electron chi connectivity index (χ3n) is 2.29. The van der Waals surface area contributed by atoms with Crippen molar-refractivity contribution in [2.24, 2.45) is 0 Å². The lowest BCUT2D eigenvalue weighted by Gasteiger charge is -2.09. The zero-order chi connectivity index (χ0) is 9.97. The number of aromatic amines is 1. The van der Waals surface area contributed by atoms with Crippen LogP contribution in [0, 0.1) is 6.20 Å². The van der Waals surface area contributed by atoms with Crippen molar-refractivity contribution in [1.82, 2.24) is 9.97 Å². The highest BCUT2D eigenvalue weighted by molar-refractivity contribution is 5.60. The average molecular weight is 185 g/mol. The summed E-state index contributed by atoms with van der Waals surface area (Å²) in [5.41, 5.74) is 2.49. The Kier molecular flexibility index (Phi) is 2.35. The standard InChI is InChI=1S/C12H13N2/c1-9(2)10-5-3-4-6-11(10)12-13-7-8-14-12/h3-7,9H,1-2H3,(H,13,14). The normalized spacial score (nSPS) is 10.8. The third kappa shape index (κ3) is 1.55. The minimum Gasteiger partial charge on any atom is -0.344 e. The first-order valence-electron chi connectivity index (χ1n) is 4.80. The maximum absolute atomic E-state index is 4.15. The molecule has 2 rings (SSSR count). The van der Waals surface area contributed by atoms with E-state index in [4.69, 9.17) is 0 Å². The maximum Gasteiger partial charge on any atom is 0.138 e. The first kappa shape index (κ1) is 9.00. The van der Waals surface area contributed by atoms with E-state index in [9.17, 15) is 0 Å². The van der Waals surface area contributed by atoms with Gasteiger partial charge in [0.1, 0.15) is 12.0 Å². The topological polar surface area (TPSA) is 28.7 Å². The lowest BCUT2D eigenvalue weighted by molar-refractivity contribution is 0.867. The zero-order valence-electron chi connectivity index (χ0n) is 8.41. The molecule has 2 aromatic rings. The molecule has 1 aromatic heterocycles. The van der Waals surface area contributed by atoms with Gasteiger partial charge in [0.05, 0.1) is 0 Å². The molecule has 1 aromatic carbocycles. The monoisotopic (exact) mass is 185 g/mol. The van der Waals surface area contributed by atoms with Crippen molar-refractivity contribution in [2.45, 2.75) is 19.8 Å². The van der Waals surface area contributed by atoms with Crippen LogP contribution in [0.3, 0.4) is 0 Å². The Balaban J connectivity index is 2.53. The highest BCUT2D eigenvalue weighted by atomic mass is 14.9. The predicted molar refractivity (Wildman–Crippen MR) is 56.9 cm³/mol. The first-order valence-corrected chi connectivity index (χ1v) is 4.80. The minimum atomic E-state index is 0.510. The number of benzene rings is 1. The van der Waals surface area contributed by atoms with Crippen molar-refractivity contribution in [1.29, 1.82) is 0 Å². The van der Waals surface area contributed by atoms with Gasteiger partial charge in [-0.2, -0.15) is 0 Å². The number of hydrogen-bond acceptors (Lipinski definition) is 1. The molecular formula is C12H13N2. The van der Waals surface area contributed by atoms with Gasteiger partial charge < -0.3 is 4.98 Å². The van der Waals surface area contributed by atoms with E-state index >= 15 is 0 Å². The number of aromatic nitrogens is 2. The van der Waals surface area contributed by atoms with Crippen LogP contribution in [0.15, 0.2) is 30.5 Å². The second-order valence-corrected chi connectivity index (χ2v) is 3.62. The first-order chi connectivity index (χ1) is 6.79. The van der Waals surface area contributed by atoms with E-state index < -0.39 is 0 Å². The number of imidazole rings is 1. The van der Waals surface area contributed by atoms with E-state index in [-0.39, 0.29) is 0 Å². The highest BCUT2D eigenvalue weighted by Gasteiger charge is 2.08. The molecule has 0 fully saturated rings. The molecule has 2 nitrogen and oxygen atoms in total. The quantitative estimate of drug-likeness (QED) is 0.765. The molecule has 0 spiro atoms. The molecule has 0 aliphatic carbocycles. The lowest BCUT2D eigenvalue weighted by atomic mass is 9.97. The lowest BCUT2D eigenvalue weighted by Crippen LogP contribution is -1.92. The Hall–Kier alpha value is -1.57. The summed E-state index contributed by atoms with van der Waals surface area (Å²) in [5.74, 6) is 1.41. The summed E-state index contributed by atoms with van der Waals surface area (Å²) in [6, 6.07) is 8.32. The summed E-state index contributed by atoms with van der Waals surface area (Å²) < 4.78 is 0. The van der Waals surface area contributed by atoms with Crippen molar-refractivity contribution in [2.75, 3.05) is 0 Å². The summed E-state index contributed by atoms with van der Waals surface area (Å²) in [6.07, 6.45) is 4.52. The molecule has 2 heteroatoms. The Morgan fingerprint density at radius 2 is 2.07 bits per heavy atom. The second-order valence-electron chi connectivity index (χ2n) is 3.62. The molecule has 0 atom stereocenters.